The molecule has 3 atom stereocenters. The van der Waals surface area contributed by atoms with Gasteiger partial charge in [-0.15, -0.1) is 0 Å². The van der Waals surface area contributed by atoms with Gasteiger partial charge in [0, 0.05) is 44.8 Å². The largest absolute Gasteiger partial charge is 0.355 e. The Bertz CT molecular complexity index is 735. The van der Waals surface area contributed by atoms with Gasteiger partial charge in [0.1, 0.15) is 5.82 Å². The number of anilines is 1. The van der Waals surface area contributed by atoms with Gasteiger partial charge in [0.2, 0.25) is 5.91 Å². The lowest BCUT2D eigenvalue weighted by molar-refractivity contribution is -0.142. The predicted octanol–water partition coefficient (Wildman–Crippen LogP) is 2.69. The Balaban J connectivity index is 1.50. The summed E-state index contributed by atoms with van der Waals surface area (Å²) in [6.45, 7) is 7.62. The van der Waals surface area contributed by atoms with Crippen LogP contribution in [0.15, 0.2) is 18.3 Å². The molecule has 0 aliphatic carbocycles. The smallest absolute Gasteiger partial charge is 0.255 e. The van der Waals surface area contributed by atoms with E-state index in [1.807, 2.05) is 12.1 Å². The Morgan fingerprint density at radius 2 is 2.18 bits per heavy atom. The molecule has 0 aromatic carbocycles. The highest BCUT2D eigenvalue weighted by molar-refractivity contribution is 5.98. The van der Waals surface area contributed by atoms with Gasteiger partial charge in [0.05, 0.1) is 5.56 Å². The lowest BCUT2D eigenvalue weighted by Gasteiger charge is -2.52. The van der Waals surface area contributed by atoms with Crippen molar-refractivity contribution in [2.45, 2.75) is 52.0 Å². The van der Waals surface area contributed by atoms with E-state index in [0.29, 0.717) is 48.2 Å². The standard InChI is InChI=1S/C22H32N4O2/c1-15(2)8-10-24-22(28)18-5-4-9-23-21(18)25-12-16-11-17(14-25)19-6-3-7-20(27)26(19)13-16/h4-5,9,15-17,19H,3,6-8,10-14H2,1-2H3,(H,24,28)/t16?,17?,19-/m1/s1. The number of nitrogens with zero attached hydrogens (tertiary/aromatic N) is 3. The monoisotopic (exact) mass is 384 g/mol. The summed E-state index contributed by atoms with van der Waals surface area (Å²) >= 11 is 0. The van der Waals surface area contributed by atoms with Crippen LogP contribution in [-0.2, 0) is 4.79 Å². The molecule has 3 aliphatic heterocycles. The Hall–Kier alpha value is -2.11. The molecule has 6 heteroatoms. The van der Waals surface area contributed by atoms with E-state index in [4.69, 9.17) is 0 Å². The van der Waals surface area contributed by atoms with Crippen LogP contribution in [0.3, 0.4) is 0 Å². The van der Waals surface area contributed by atoms with Gasteiger partial charge in [0.25, 0.3) is 5.91 Å². The van der Waals surface area contributed by atoms with Crippen molar-refractivity contribution in [3.63, 3.8) is 0 Å². The van der Waals surface area contributed by atoms with Crippen LogP contribution in [0.2, 0.25) is 0 Å². The molecule has 3 saturated heterocycles. The first-order valence-corrected chi connectivity index (χ1v) is 10.8. The highest BCUT2D eigenvalue weighted by Gasteiger charge is 2.44. The van der Waals surface area contributed by atoms with Crippen molar-refractivity contribution in [3.05, 3.63) is 23.9 Å². The number of amides is 2. The fraction of sp³-hybridized carbons (Fsp3) is 0.682. The van der Waals surface area contributed by atoms with E-state index >= 15 is 0 Å². The van der Waals surface area contributed by atoms with E-state index in [1.165, 1.54) is 6.42 Å². The maximum absolute atomic E-state index is 12.8. The first kappa shape index (κ1) is 19.2. The zero-order valence-corrected chi connectivity index (χ0v) is 17.1. The number of aromatic nitrogens is 1. The number of fused-ring (bicyclic) bond motifs is 4. The molecule has 2 unspecified atom stereocenters. The highest BCUT2D eigenvalue weighted by Crippen LogP contribution is 2.39. The van der Waals surface area contributed by atoms with Gasteiger partial charge >= 0.3 is 0 Å². The summed E-state index contributed by atoms with van der Waals surface area (Å²) in [5.41, 5.74) is 0.669. The van der Waals surface area contributed by atoms with Crippen LogP contribution in [0.5, 0.6) is 0 Å². The van der Waals surface area contributed by atoms with E-state index in [2.05, 4.69) is 33.9 Å². The Morgan fingerprint density at radius 3 is 3.00 bits per heavy atom. The molecule has 0 radical (unpaired) electrons. The van der Waals surface area contributed by atoms with Crippen LogP contribution >= 0.6 is 0 Å². The minimum Gasteiger partial charge on any atom is -0.355 e. The molecule has 2 bridgehead atoms. The average molecular weight is 385 g/mol. The third-order valence-electron chi connectivity index (χ3n) is 6.52. The first-order chi connectivity index (χ1) is 13.5. The SMILES string of the molecule is CC(C)CCNC(=O)c1cccnc1N1CC2CC(C1)[C@H]1CCCC(=O)N1C2. The number of pyridine rings is 1. The van der Waals surface area contributed by atoms with E-state index in [9.17, 15) is 9.59 Å². The number of nitrogens with one attached hydrogen (secondary N) is 1. The van der Waals surface area contributed by atoms with E-state index < -0.39 is 0 Å². The summed E-state index contributed by atoms with van der Waals surface area (Å²) in [6, 6.07) is 4.09. The molecule has 0 saturated carbocycles. The highest BCUT2D eigenvalue weighted by atomic mass is 16.2. The second kappa shape index (κ2) is 8.10. The molecule has 1 aromatic rings. The molecule has 1 aromatic heterocycles. The van der Waals surface area contributed by atoms with Gasteiger partial charge in [-0.2, -0.15) is 0 Å². The van der Waals surface area contributed by atoms with Crippen LogP contribution in [0, 0.1) is 17.8 Å². The number of rotatable bonds is 5. The molecular weight excluding hydrogens is 352 g/mol. The Labute approximate surface area is 167 Å². The van der Waals surface area contributed by atoms with Crippen LogP contribution in [0.1, 0.15) is 56.3 Å². The van der Waals surface area contributed by atoms with Gasteiger partial charge in [-0.25, -0.2) is 4.98 Å². The number of piperidine rings is 3. The molecule has 3 fully saturated rings. The molecule has 0 spiro atoms. The third kappa shape index (κ3) is 3.87. The number of hydrogen-bond donors (Lipinski definition) is 1. The first-order valence-electron chi connectivity index (χ1n) is 10.8. The second-order valence-electron chi connectivity index (χ2n) is 9.09. The molecule has 3 aliphatic rings. The van der Waals surface area contributed by atoms with Crippen molar-refractivity contribution in [1.82, 2.24) is 15.2 Å². The normalized spacial score (nSPS) is 27.0. The van der Waals surface area contributed by atoms with E-state index in [1.54, 1.807) is 6.20 Å². The molecule has 6 nitrogen and oxygen atoms in total. The van der Waals surface area contributed by atoms with Gasteiger partial charge in [-0.05, 0) is 55.6 Å². The van der Waals surface area contributed by atoms with E-state index in [0.717, 1.165) is 44.7 Å². The van der Waals surface area contributed by atoms with Crippen LogP contribution < -0.4 is 10.2 Å². The third-order valence-corrected chi connectivity index (χ3v) is 6.52. The fourth-order valence-corrected chi connectivity index (χ4v) is 5.18. The minimum absolute atomic E-state index is 0.0334. The summed E-state index contributed by atoms with van der Waals surface area (Å²) in [7, 11) is 0. The zero-order chi connectivity index (χ0) is 19.7. The van der Waals surface area contributed by atoms with Crippen LogP contribution in [-0.4, -0.2) is 53.9 Å². The number of carbonyl (C=O) groups is 2. The van der Waals surface area contributed by atoms with Crippen molar-refractivity contribution in [2.24, 2.45) is 17.8 Å². The lowest BCUT2D eigenvalue weighted by Crippen LogP contribution is -2.60. The van der Waals surface area contributed by atoms with Crippen molar-refractivity contribution < 1.29 is 9.59 Å². The van der Waals surface area contributed by atoms with Crippen molar-refractivity contribution in [3.8, 4) is 0 Å². The molecular formula is C22H32N4O2. The van der Waals surface area contributed by atoms with Gasteiger partial charge in [-0.3, -0.25) is 9.59 Å². The molecule has 152 valence electrons. The zero-order valence-electron chi connectivity index (χ0n) is 17.1. The summed E-state index contributed by atoms with van der Waals surface area (Å²) in [5, 5.41) is 3.05. The average Bonchev–Trinajstić information content (AvgIpc) is 2.68. The summed E-state index contributed by atoms with van der Waals surface area (Å²) in [4.78, 5) is 34.2. The maximum Gasteiger partial charge on any atom is 0.255 e. The van der Waals surface area contributed by atoms with Crippen LogP contribution in [0.25, 0.3) is 0 Å². The fourth-order valence-electron chi connectivity index (χ4n) is 5.18. The quantitative estimate of drug-likeness (QED) is 0.848. The molecule has 28 heavy (non-hydrogen) atoms. The molecule has 2 amide bonds. The van der Waals surface area contributed by atoms with Crippen molar-refractivity contribution in [2.75, 3.05) is 31.1 Å². The topological polar surface area (TPSA) is 65.5 Å². The van der Waals surface area contributed by atoms with Gasteiger partial charge in [0.15, 0.2) is 0 Å². The Kier molecular flexibility index (Phi) is 5.56. The second-order valence-corrected chi connectivity index (χ2v) is 9.09. The predicted molar refractivity (Wildman–Crippen MR) is 109 cm³/mol. The minimum atomic E-state index is -0.0334. The van der Waals surface area contributed by atoms with Crippen LogP contribution in [0.4, 0.5) is 5.82 Å². The Morgan fingerprint density at radius 1 is 1.32 bits per heavy atom. The summed E-state index contributed by atoms with van der Waals surface area (Å²) < 4.78 is 0. The molecule has 1 N–H and O–H groups in total. The van der Waals surface area contributed by atoms with Gasteiger partial charge in [-0.1, -0.05) is 13.8 Å². The molecule has 4 heterocycles. The lowest BCUT2D eigenvalue weighted by atomic mass is 9.76. The van der Waals surface area contributed by atoms with E-state index in [-0.39, 0.29) is 5.91 Å². The van der Waals surface area contributed by atoms with Gasteiger partial charge < -0.3 is 15.1 Å². The number of carbonyl (C=O) groups excluding carboxylic acids is 2. The number of hydrogen-bond acceptors (Lipinski definition) is 4. The van der Waals surface area contributed by atoms with Crippen molar-refractivity contribution in [1.29, 1.82) is 0 Å². The summed E-state index contributed by atoms with van der Waals surface area (Å²) in [5.74, 6) is 2.62. The van der Waals surface area contributed by atoms with Crippen molar-refractivity contribution >= 4 is 17.6 Å². The summed E-state index contributed by atoms with van der Waals surface area (Å²) in [6.07, 6.45) is 6.77. The maximum atomic E-state index is 12.8. The molecule has 4 rings (SSSR count).